The Kier molecular flexibility index (Phi) is 6.16. The average Bonchev–Trinajstić information content (AvgIpc) is 3.37. The summed E-state index contributed by atoms with van der Waals surface area (Å²) in [6.45, 7) is 0.205. The summed E-state index contributed by atoms with van der Waals surface area (Å²) >= 11 is 0. The van der Waals surface area contributed by atoms with E-state index in [0.29, 0.717) is 12.3 Å². The monoisotopic (exact) mass is 472 g/mol. The molecule has 35 heavy (non-hydrogen) atoms. The molecule has 1 saturated heterocycles. The fourth-order valence-electron chi connectivity index (χ4n) is 5.38. The number of amides is 3. The van der Waals surface area contributed by atoms with Gasteiger partial charge in [0.2, 0.25) is 11.8 Å². The van der Waals surface area contributed by atoms with Gasteiger partial charge in [0.1, 0.15) is 18.7 Å². The lowest BCUT2D eigenvalue weighted by molar-refractivity contribution is -0.134. The van der Waals surface area contributed by atoms with Crippen molar-refractivity contribution in [3.63, 3.8) is 0 Å². The Morgan fingerprint density at radius 3 is 2.63 bits per heavy atom. The van der Waals surface area contributed by atoms with E-state index < -0.39 is 23.6 Å². The first-order valence-electron chi connectivity index (χ1n) is 12.1. The summed E-state index contributed by atoms with van der Waals surface area (Å²) in [5.74, 6) is -0.194. The van der Waals surface area contributed by atoms with Crippen LogP contribution < -0.4 is 10.6 Å². The molecule has 2 aliphatic heterocycles. The van der Waals surface area contributed by atoms with Gasteiger partial charge in [0.05, 0.1) is 11.5 Å². The number of likely N-dealkylation sites (tertiary alicyclic amines) is 1. The predicted molar refractivity (Wildman–Crippen MR) is 128 cm³/mol. The molecule has 0 unspecified atom stereocenters. The van der Waals surface area contributed by atoms with Crippen molar-refractivity contribution in [2.45, 2.75) is 56.2 Å². The van der Waals surface area contributed by atoms with E-state index in [1.807, 2.05) is 54.6 Å². The topological polar surface area (TPSA) is 112 Å². The number of carbonyl (C=O) groups excluding carboxylic acids is 3. The van der Waals surface area contributed by atoms with Crippen molar-refractivity contribution >= 4 is 23.6 Å². The summed E-state index contributed by atoms with van der Waals surface area (Å²) in [4.78, 5) is 40.9. The van der Waals surface area contributed by atoms with Gasteiger partial charge in [0.25, 0.3) is 0 Å². The van der Waals surface area contributed by atoms with Crippen molar-refractivity contribution in [1.82, 2.24) is 10.2 Å². The van der Waals surface area contributed by atoms with Crippen molar-refractivity contribution < 1.29 is 19.1 Å². The maximum atomic E-state index is 13.7. The van der Waals surface area contributed by atoms with E-state index in [1.54, 1.807) is 0 Å². The number of nitrogens with zero attached hydrogens (tertiary/aromatic N) is 2. The molecule has 0 bridgehead atoms. The van der Waals surface area contributed by atoms with E-state index in [4.69, 9.17) is 4.74 Å². The Balaban J connectivity index is 1.33. The number of benzene rings is 2. The summed E-state index contributed by atoms with van der Waals surface area (Å²) in [6, 6.07) is 17.4. The first kappa shape index (κ1) is 22.9. The molecule has 2 fully saturated rings. The number of rotatable bonds is 6. The van der Waals surface area contributed by atoms with Gasteiger partial charge in [-0.05, 0) is 29.5 Å². The van der Waals surface area contributed by atoms with Crippen molar-refractivity contribution in [3.05, 3.63) is 65.7 Å². The Hall–Kier alpha value is -3.86. The van der Waals surface area contributed by atoms with Crippen LogP contribution in [0.15, 0.2) is 54.6 Å². The zero-order chi connectivity index (χ0) is 24.4. The Morgan fingerprint density at radius 1 is 1.17 bits per heavy atom. The van der Waals surface area contributed by atoms with Crippen LogP contribution in [-0.4, -0.2) is 41.4 Å². The van der Waals surface area contributed by atoms with E-state index in [9.17, 15) is 19.6 Å². The van der Waals surface area contributed by atoms with E-state index in [-0.39, 0.29) is 31.4 Å². The third kappa shape index (κ3) is 4.34. The molecule has 2 aromatic carbocycles. The molecule has 3 aliphatic rings. The number of carbonyl (C=O) groups is 3. The van der Waals surface area contributed by atoms with Crippen LogP contribution in [0.1, 0.15) is 43.2 Å². The number of para-hydroxylation sites is 1. The van der Waals surface area contributed by atoms with Crippen LogP contribution in [0.3, 0.4) is 0 Å². The minimum atomic E-state index is -0.957. The van der Waals surface area contributed by atoms with Crippen molar-refractivity contribution in [2.75, 3.05) is 11.9 Å². The molecule has 2 aromatic rings. The zero-order valence-corrected chi connectivity index (χ0v) is 19.4. The number of alkyl carbamates (subject to hydrolysis) is 1. The van der Waals surface area contributed by atoms with Gasteiger partial charge in [-0.3, -0.25) is 9.59 Å². The van der Waals surface area contributed by atoms with Crippen molar-refractivity contribution in [2.24, 2.45) is 5.92 Å². The van der Waals surface area contributed by atoms with Gasteiger partial charge in [-0.2, -0.15) is 5.26 Å². The Bertz CT molecular complexity index is 1170. The zero-order valence-electron chi connectivity index (χ0n) is 19.4. The van der Waals surface area contributed by atoms with Gasteiger partial charge in [-0.15, -0.1) is 0 Å². The van der Waals surface area contributed by atoms with Gasteiger partial charge in [0, 0.05) is 18.7 Å². The molecule has 3 atom stereocenters. The minimum absolute atomic E-state index is 0.0988. The lowest BCUT2D eigenvalue weighted by Gasteiger charge is -2.32. The average molecular weight is 473 g/mol. The van der Waals surface area contributed by atoms with Crippen LogP contribution in [0.4, 0.5) is 10.5 Å². The van der Waals surface area contributed by atoms with E-state index in [2.05, 4.69) is 16.7 Å². The molecule has 1 aliphatic carbocycles. The van der Waals surface area contributed by atoms with Crippen LogP contribution in [0.2, 0.25) is 0 Å². The van der Waals surface area contributed by atoms with Gasteiger partial charge < -0.3 is 20.3 Å². The summed E-state index contributed by atoms with van der Waals surface area (Å²) < 4.78 is 5.36. The van der Waals surface area contributed by atoms with Gasteiger partial charge in [0.15, 0.2) is 0 Å². The van der Waals surface area contributed by atoms with Gasteiger partial charge in [-0.1, -0.05) is 67.8 Å². The number of hydrogen-bond donors (Lipinski definition) is 2. The maximum absolute atomic E-state index is 13.7. The molecule has 1 saturated carbocycles. The molecule has 8 nitrogen and oxygen atoms in total. The SMILES string of the molecule is N#C[C@@H]1C[C@@]2(CN1C(=O)[C@H](CC1CCC1)NC(=O)OCc1ccccc1)C(=O)Nc1ccccc12. The van der Waals surface area contributed by atoms with Crippen LogP contribution in [0, 0.1) is 17.2 Å². The second-order valence-electron chi connectivity index (χ2n) is 9.69. The highest BCUT2D eigenvalue weighted by Crippen LogP contribution is 2.46. The quantitative estimate of drug-likeness (QED) is 0.669. The molecule has 180 valence electrons. The van der Waals surface area contributed by atoms with E-state index in [0.717, 1.165) is 36.1 Å². The number of fused-ring (bicyclic) bond motifs is 2. The molecular weight excluding hydrogens is 444 g/mol. The highest BCUT2D eigenvalue weighted by Gasteiger charge is 2.56. The number of ether oxygens (including phenoxy) is 1. The maximum Gasteiger partial charge on any atom is 0.408 e. The third-order valence-electron chi connectivity index (χ3n) is 7.51. The molecule has 5 rings (SSSR count). The predicted octanol–water partition coefficient (Wildman–Crippen LogP) is 3.49. The molecule has 2 heterocycles. The summed E-state index contributed by atoms with van der Waals surface area (Å²) in [5, 5.41) is 15.5. The van der Waals surface area contributed by atoms with Crippen LogP contribution in [-0.2, 0) is 26.3 Å². The second kappa shape index (κ2) is 9.41. The third-order valence-corrected chi connectivity index (χ3v) is 7.51. The molecule has 0 radical (unpaired) electrons. The van der Waals surface area contributed by atoms with Crippen molar-refractivity contribution in [1.29, 1.82) is 5.26 Å². The van der Waals surface area contributed by atoms with Crippen LogP contribution in [0.25, 0.3) is 0 Å². The Morgan fingerprint density at radius 2 is 1.91 bits per heavy atom. The number of nitrogens with one attached hydrogen (secondary N) is 2. The first-order chi connectivity index (χ1) is 17.0. The van der Waals surface area contributed by atoms with E-state index >= 15 is 0 Å². The molecule has 0 aromatic heterocycles. The largest absolute Gasteiger partial charge is 0.445 e. The van der Waals surface area contributed by atoms with Crippen molar-refractivity contribution in [3.8, 4) is 6.07 Å². The summed E-state index contributed by atoms with van der Waals surface area (Å²) in [6.07, 6.45) is 3.17. The number of hydrogen-bond acceptors (Lipinski definition) is 5. The fourth-order valence-corrected chi connectivity index (χ4v) is 5.38. The number of anilines is 1. The van der Waals surface area contributed by atoms with E-state index in [1.165, 1.54) is 4.90 Å². The smallest absolute Gasteiger partial charge is 0.408 e. The summed E-state index contributed by atoms with van der Waals surface area (Å²) in [7, 11) is 0. The highest BCUT2D eigenvalue weighted by atomic mass is 16.5. The minimum Gasteiger partial charge on any atom is -0.445 e. The second-order valence-corrected chi connectivity index (χ2v) is 9.69. The lowest BCUT2D eigenvalue weighted by Crippen LogP contribution is -2.52. The lowest BCUT2D eigenvalue weighted by atomic mass is 9.79. The normalized spacial score (nSPS) is 23.7. The Labute approximate surface area is 204 Å². The standard InChI is InChI=1S/C27H28N4O4/c28-15-20-14-27(21-11-4-5-12-22(21)29-25(27)33)17-31(20)24(32)23(13-18-9-6-10-18)30-26(34)35-16-19-7-2-1-3-8-19/h1-5,7-8,11-12,18,20,23H,6,9-10,13-14,16-17H2,(H,29,33)(H,30,34)/t20-,23-,27-/m0/s1. The summed E-state index contributed by atoms with van der Waals surface area (Å²) in [5.41, 5.74) is 1.42. The molecule has 3 amide bonds. The fraction of sp³-hybridized carbons (Fsp3) is 0.407. The number of nitriles is 1. The first-order valence-corrected chi connectivity index (χ1v) is 12.1. The molecule has 2 N–H and O–H groups in total. The van der Waals surface area contributed by atoms with Gasteiger partial charge >= 0.3 is 6.09 Å². The molecular formula is C27H28N4O4. The highest BCUT2D eigenvalue weighted by molar-refractivity contribution is 6.07. The molecule has 8 heteroatoms. The van der Waals surface area contributed by atoms with Gasteiger partial charge in [-0.25, -0.2) is 4.79 Å². The van der Waals surface area contributed by atoms with Crippen LogP contribution in [0.5, 0.6) is 0 Å². The van der Waals surface area contributed by atoms with Crippen LogP contribution >= 0.6 is 0 Å². The molecule has 1 spiro atoms.